The molecule has 2 aliphatic rings. The van der Waals surface area contributed by atoms with Crippen LogP contribution in [0.15, 0.2) is 12.2 Å². The number of amides is 1. The Morgan fingerprint density at radius 1 is 1.46 bits per heavy atom. The van der Waals surface area contributed by atoms with E-state index in [2.05, 4.69) is 22.8 Å². The van der Waals surface area contributed by atoms with Gasteiger partial charge in [0, 0.05) is 6.04 Å². The van der Waals surface area contributed by atoms with E-state index >= 15 is 0 Å². The molecule has 0 saturated carbocycles. The predicted molar refractivity (Wildman–Crippen MR) is 51.3 cm³/mol. The van der Waals surface area contributed by atoms with Crippen molar-refractivity contribution in [1.29, 1.82) is 0 Å². The number of allylic oxidation sites excluding steroid dienone is 1. The molecule has 2 atom stereocenters. The fourth-order valence-electron chi connectivity index (χ4n) is 1.94. The molecule has 1 aliphatic heterocycles. The summed E-state index contributed by atoms with van der Waals surface area (Å²) in [6.45, 7) is 0.985. The van der Waals surface area contributed by atoms with Crippen LogP contribution in [0.4, 0.5) is 0 Å². The lowest BCUT2D eigenvalue weighted by Crippen LogP contribution is -2.43. The number of hydrogen-bond donors (Lipinski definition) is 2. The maximum Gasteiger partial charge on any atom is 0.237 e. The summed E-state index contributed by atoms with van der Waals surface area (Å²) in [5.74, 6) is 0.175. The van der Waals surface area contributed by atoms with E-state index in [9.17, 15) is 4.79 Å². The third-order valence-electron chi connectivity index (χ3n) is 2.72. The zero-order valence-electron chi connectivity index (χ0n) is 7.75. The molecular formula is C10H16N2O. The molecular weight excluding hydrogens is 164 g/mol. The molecule has 1 heterocycles. The van der Waals surface area contributed by atoms with Crippen molar-refractivity contribution in [3.63, 3.8) is 0 Å². The van der Waals surface area contributed by atoms with Gasteiger partial charge in [0.15, 0.2) is 0 Å². The SMILES string of the molecule is O=C(NC1C=CCC1)C1CCCN1. The number of hydrogen-bond acceptors (Lipinski definition) is 2. The Bertz CT molecular complexity index is 219. The van der Waals surface area contributed by atoms with Crippen molar-refractivity contribution >= 4 is 5.91 Å². The normalized spacial score (nSPS) is 32.3. The van der Waals surface area contributed by atoms with E-state index in [0.717, 1.165) is 32.2 Å². The zero-order chi connectivity index (χ0) is 9.10. The summed E-state index contributed by atoms with van der Waals surface area (Å²) in [5.41, 5.74) is 0. The molecule has 72 valence electrons. The van der Waals surface area contributed by atoms with Gasteiger partial charge in [-0.25, -0.2) is 0 Å². The summed E-state index contributed by atoms with van der Waals surface area (Å²) >= 11 is 0. The number of carbonyl (C=O) groups excluding carboxylic acids is 1. The van der Waals surface area contributed by atoms with Gasteiger partial charge in [-0.15, -0.1) is 0 Å². The highest BCUT2D eigenvalue weighted by atomic mass is 16.2. The van der Waals surface area contributed by atoms with Crippen LogP contribution in [-0.4, -0.2) is 24.5 Å². The lowest BCUT2D eigenvalue weighted by atomic mass is 10.2. The van der Waals surface area contributed by atoms with E-state index in [-0.39, 0.29) is 18.0 Å². The summed E-state index contributed by atoms with van der Waals surface area (Å²) in [4.78, 5) is 11.6. The highest BCUT2D eigenvalue weighted by molar-refractivity contribution is 5.82. The van der Waals surface area contributed by atoms with Gasteiger partial charge in [-0.05, 0) is 32.2 Å². The van der Waals surface area contributed by atoms with E-state index < -0.39 is 0 Å². The molecule has 0 aromatic rings. The first kappa shape index (κ1) is 8.75. The van der Waals surface area contributed by atoms with Gasteiger partial charge in [-0.3, -0.25) is 4.79 Å². The minimum Gasteiger partial charge on any atom is -0.349 e. The molecule has 3 heteroatoms. The highest BCUT2D eigenvalue weighted by Crippen LogP contribution is 2.10. The molecule has 0 aromatic carbocycles. The summed E-state index contributed by atoms with van der Waals surface area (Å²) in [6.07, 6.45) is 8.50. The molecule has 0 spiro atoms. The molecule has 2 unspecified atom stereocenters. The van der Waals surface area contributed by atoms with Crippen LogP contribution in [0, 0.1) is 0 Å². The summed E-state index contributed by atoms with van der Waals surface area (Å²) < 4.78 is 0. The number of rotatable bonds is 2. The van der Waals surface area contributed by atoms with E-state index in [1.807, 2.05) is 0 Å². The van der Waals surface area contributed by atoms with Gasteiger partial charge in [0.2, 0.25) is 5.91 Å². The van der Waals surface area contributed by atoms with Crippen molar-refractivity contribution in [1.82, 2.24) is 10.6 Å². The van der Waals surface area contributed by atoms with Crippen LogP contribution in [0.25, 0.3) is 0 Å². The van der Waals surface area contributed by atoms with Crippen LogP contribution in [0.1, 0.15) is 25.7 Å². The molecule has 0 aromatic heterocycles. The topological polar surface area (TPSA) is 41.1 Å². The molecule has 1 saturated heterocycles. The largest absolute Gasteiger partial charge is 0.349 e. The Balaban J connectivity index is 1.79. The molecule has 2 N–H and O–H groups in total. The Morgan fingerprint density at radius 3 is 3.00 bits per heavy atom. The van der Waals surface area contributed by atoms with Crippen LogP contribution in [-0.2, 0) is 4.79 Å². The Kier molecular flexibility index (Phi) is 2.64. The van der Waals surface area contributed by atoms with Gasteiger partial charge in [-0.1, -0.05) is 12.2 Å². The maximum absolute atomic E-state index is 11.6. The highest BCUT2D eigenvalue weighted by Gasteiger charge is 2.23. The van der Waals surface area contributed by atoms with Crippen molar-refractivity contribution in [2.45, 2.75) is 37.8 Å². The van der Waals surface area contributed by atoms with Crippen molar-refractivity contribution in [3.05, 3.63) is 12.2 Å². The first-order valence-electron chi connectivity index (χ1n) is 5.07. The Morgan fingerprint density at radius 2 is 2.38 bits per heavy atom. The molecule has 3 nitrogen and oxygen atoms in total. The van der Waals surface area contributed by atoms with Gasteiger partial charge < -0.3 is 10.6 Å². The second-order valence-corrected chi connectivity index (χ2v) is 3.77. The van der Waals surface area contributed by atoms with Crippen molar-refractivity contribution in [2.24, 2.45) is 0 Å². The minimum atomic E-state index is 0.0639. The van der Waals surface area contributed by atoms with Gasteiger partial charge in [-0.2, -0.15) is 0 Å². The summed E-state index contributed by atoms with van der Waals surface area (Å²) in [5, 5.41) is 6.23. The van der Waals surface area contributed by atoms with Crippen LogP contribution in [0.3, 0.4) is 0 Å². The van der Waals surface area contributed by atoms with Gasteiger partial charge in [0.25, 0.3) is 0 Å². The second kappa shape index (κ2) is 3.92. The van der Waals surface area contributed by atoms with E-state index in [1.54, 1.807) is 0 Å². The standard InChI is InChI=1S/C10H16N2O/c13-10(9-6-3-7-11-9)12-8-4-1-2-5-8/h1,4,8-9,11H,2-3,5-7H2,(H,12,13). The number of nitrogens with one attached hydrogen (secondary N) is 2. The molecule has 1 aliphatic carbocycles. The second-order valence-electron chi connectivity index (χ2n) is 3.77. The molecule has 1 fully saturated rings. The van der Waals surface area contributed by atoms with Gasteiger partial charge >= 0.3 is 0 Å². The smallest absolute Gasteiger partial charge is 0.237 e. The molecule has 13 heavy (non-hydrogen) atoms. The lowest BCUT2D eigenvalue weighted by molar-refractivity contribution is -0.123. The van der Waals surface area contributed by atoms with Gasteiger partial charge in [0.1, 0.15) is 0 Å². The molecule has 0 bridgehead atoms. The first-order chi connectivity index (χ1) is 6.36. The van der Waals surface area contributed by atoms with Crippen molar-refractivity contribution in [2.75, 3.05) is 6.54 Å². The van der Waals surface area contributed by atoms with Crippen LogP contribution >= 0.6 is 0 Å². The lowest BCUT2D eigenvalue weighted by Gasteiger charge is -2.14. The zero-order valence-corrected chi connectivity index (χ0v) is 7.75. The fourth-order valence-corrected chi connectivity index (χ4v) is 1.94. The summed E-state index contributed by atoms with van der Waals surface area (Å²) in [6, 6.07) is 0.351. The van der Waals surface area contributed by atoms with Crippen LogP contribution in [0.2, 0.25) is 0 Å². The van der Waals surface area contributed by atoms with E-state index in [1.165, 1.54) is 0 Å². The average Bonchev–Trinajstić information content (AvgIpc) is 2.74. The van der Waals surface area contributed by atoms with Crippen LogP contribution in [0.5, 0.6) is 0 Å². The first-order valence-corrected chi connectivity index (χ1v) is 5.07. The van der Waals surface area contributed by atoms with Gasteiger partial charge in [0.05, 0.1) is 6.04 Å². The molecule has 1 amide bonds. The Hall–Kier alpha value is -0.830. The predicted octanol–water partition coefficient (Wildman–Crippen LogP) is 0.573. The molecule has 0 radical (unpaired) electrons. The maximum atomic E-state index is 11.6. The third kappa shape index (κ3) is 2.10. The monoisotopic (exact) mass is 180 g/mol. The quantitative estimate of drug-likeness (QED) is 0.610. The van der Waals surface area contributed by atoms with Crippen LogP contribution < -0.4 is 10.6 Å². The summed E-state index contributed by atoms with van der Waals surface area (Å²) in [7, 11) is 0. The fraction of sp³-hybridized carbons (Fsp3) is 0.700. The third-order valence-corrected chi connectivity index (χ3v) is 2.72. The van der Waals surface area contributed by atoms with E-state index in [4.69, 9.17) is 0 Å². The van der Waals surface area contributed by atoms with E-state index in [0.29, 0.717) is 0 Å². The molecule has 2 rings (SSSR count). The van der Waals surface area contributed by atoms with Crippen molar-refractivity contribution in [3.8, 4) is 0 Å². The Labute approximate surface area is 78.6 Å². The average molecular weight is 180 g/mol. The number of carbonyl (C=O) groups is 1. The minimum absolute atomic E-state index is 0.0639. The van der Waals surface area contributed by atoms with Crippen molar-refractivity contribution < 1.29 is 4.79 Å².